The van der Waals surface area contributed by atoms with E-state index in [1.807, 2.05) is 0 Å². The quantitative estimate of drug-likeness (QED) is 0.710. The lowest BCUT2D eigenvalue weighted by molar-refractivity contribution is 0.248. The summed E-state index contributed by atoms with van der Waals surface area (Å²) in [6.07, 6.45) is 4.44. The Morgan fingerprint density at radius 2 is 2.06 bits per heavy atom. The Labute approximate surface area is 105 Å². The van der Waals surface area contributed by atoms with Gasteiger partial charge in [-0.25, -0.2) is 4.79 Å². The third kappa shape index (κ3) is 3.27. The van der Waals surface area contributed by atoms with Crippen molar-refractivity contribution in [2.75, 3.05) is 5.32 Å². The molecule has 0 atom stereocenters. The Bertz CT molecular complexity index is 417. The van der Waals surface area contributed by atoms with E-state index < -0.39 is 0 Å². The number of carbonyl (C=O) groups excluding carboxylic acids is 1. The second kappa shape index (κ2) is 5.27. The first-order valence-electron chi connectivity index (χ1n) is 5.71. The van der Waals surface area contributed by atoms with Gasteiger partial charge in [0, 0.05) is 11.7 Å². The highest BCUT2D eigenvalue weighted by Crippen LogP contribution is 2.26. The van der Waals surface area contributed by atoms with Gasteiger partial charge in [0.25, 0.3) is 0 Å². The molecule has 1 aromatic rings. The van der Waals surface area contributed by atoms with Crippen molar-refractivity contribution in [3.63, 3.8) is 0 Å². The molecule has 0 saturated heterocycles. The predicted octanol–water partition coefficient (Wildman–Crippen LogP) is 3.11. The molecule has 1 aliphatic rings. The summed E-state index contributed by atoms with van der Waals surface area (Å²) < 4.78 is 0. The van der Waals surface area contributed by atoms with E-state index in [4.69, 9.17) is 11.6 Å². The smallest absolute Gasteiger partial charge is 0.319 e. The zero-order chi connectivity index (χ0) is 12.3. The minimum absolute atomic E-state index is 0.00779. The van der Waals surface area contributed by atoms with Crippen molar-refractivity contribution in [1.29, 1.82) is 0 Å². The first-order chi connectivity index (χ1) is 8.15. The van der Waals surface area contributed by atoms with Gasteiger partial charge >= 0.3 is 6.03 Å². The fourth-order valence-electron chi connectivity index (χ4n) is 2.01. The second-order valence-corrected chi connectivity index (χ2v) is 4.65. The van der Waals surface area contributed by atoms with Crippen LogP contribution in [-0.2, 0) is 0 Å². The molecule has 4 nitrogen and oxygen atoms in total. The maximum atomic E-state index is 11.6. The number of halogens is 1. The van der Waals surface area contributed by atoms with Crippen LogP contribution < -0.4 is 10.6 Å². The summed E-state index contributed by atoms with van der Waals surface area (Å²) in [7, 11) is 0. The van der Waals surface area contributed by atoms with E-state index in [9.17, 15) is 9.90 Å². The van der Waals surface area contributed by atoms with Crippen LogP contribution >= 0.6 is 11.6 Å². The van der Waals surface area contributed by atoms with Crippen molar-refractivity contribution in [3.05, 3.63) is 23.2 Å². The van der Waals surface area contributed by atoms with Gasteiger partial charge in [-0.05, 0) is 31.0 Å². The normalized spacial score (nSPS) is 15.8. The summed E-state index contributed by atoms with van der Waals surface area (Å²) >= 11 is 5.75. The number of hydrogen-bond acceptors (Lipinski definition) is 2. The van der Waals surface area contributed by atoms with E-state index in [0.29, 0.717) is 5.69 Å². The van der Waals surface area contributed by atoms with Gasteiger partial charge in [0.05, 0.1) is 5.02 Å². The molecule has 0 spiro atoms. The molecular weight excluding hydrogens is 240 g/mol. The summed E-state index contributed by atoms with van der Waals surface area (Å²) in [5.74, 6) is 0.00779. The van der Waals surface area contributed by atoms with Gasteiger partial charge in [0.1, 0.15) is 5.75 Å². The first kappa shape index (κ1) is 12.0. The molecule has 0 radical (unpaired) electrons. The zero-order valence-electron chi connectivity index (χ0n) is 9.37. The molecule has 0 unspecified atom stereocenters. The van der Waals surface area contributed by atoms with Gasteiger partial charge in [-0.2, -0.15) is 0 Å². The van der Waals surface area contributed by atoms with Gasteiger partial charge in [0.2, 0.25) is 0 Å². The molecule has 0 bridgehead atoms. The molecule has 3 N–H and O–H groups in total. The number of urea groups is 1. The Balaban J connectivity index is 1.90. The third-order valence-electron chi connectivity index (χ3n) is 2.90. The largest absolute Gasteiger partial charge is 0.506 e. The van der Waals surface area contributed by atoms with E-state index in [-0.39, 0.29) is 22.8 Å². The van der Waals surface area contributed by atoms with E-state index in [1.54, 1.807) is 6.07 Å². The second-order valence-electron chi connectivity index (χ2n) is 4.25. The van der Waals surface area contributed by atoms with Crippen LogP contribution in [0.3, 0.4) is 0 Å². The van der Waals surface area contributed by atoms with E-state index in [1.165, 1.54) is 25.0 Å². The van der Waals surface area contributed by atoms with Gasteiger partial charge in [-0.3, -0.25) is 0 Å². The molecule has 17 heavy (non-hydrogen) atoms. The maximum absolute atomic E-state index is 11.6. The van der Waals surface area contributed by atoms with Crippen LogP contribution in [0.15, 0.2) is 18.2 Å². The molecule has 92 valence electrons. The summed E-state index contributed by atoms with van der Waals surface area (Å²) in [6.45, 7) is 0. The number of anilines is 1. The number of hydrogen-bond donors (Lipinski definition) is 3. The lowest BCUT2D eigenvalue weighted by Gasteiger charge is -2.13. The SMILES string of the molecule is O=C(Nc1ccc(O)c(Cl)c1)NC1CCCC1. The number of amides is 2. The summed E-state index contributed by atoms with van der Waals surface area (Å²) in [5.41, 5.74) is 0.572. The fraction of sp³-hybridized carbons (Fsp3) is 0.417. The number of nitrogens with one attached hydrogen (secondary N) is 2. The van der Waals surface area contributed by atoms with Crippen molar-refractivity contribution in [3.8, 4) is 5.75 Å². The molecule has 1 aliphatic carbocycles. The lowest BCUT2D eigenvalue weighted by atomic mass is 10.2. The van der Waals surface area contributed by atoms with Crippen LogP contribution in [0.25, 0.3) is 0 Å². The Kier molecular flexibility index (Phi) is 3.74. The lowest BCUT2D eigenvalue weighted by Crippen LogP contribution is -2.36. The summed E-state index contributed by atoms with van der Waals surface area (Å²) in [6, 6.07) is 4.63. The van der Waals surface area contributed by atoms with E-state index in [2.05, 4.69) is 10.6 Å². The van der Waals surface area contributed by atoms with Gasteiger partial charge in [0.15, 0.2) is 0 Å². The molecule has 2 amide bonds. The summed E-state index contributed by atoms with van der Waals surface area (Å²) in [5, 5.41) is 15.1. The fourth-order valence-corrected chi connectivity index (χ4v) is 2.19. The van der Waals surface area contributed by atoms with Crippen molar-refractivity contribution in [2.45, 2.75) is 31.7 Å². The minimum Gasteiger partial charge on any atom is -0.506 e. The zero-order valence-corrected chi connectivity index (χ0v) is 10.1. The number of aromatic hydroxyl groups is 1. The van der Waals surface area contributed by atoms with Crippen molar-refractivity contribution in [1.82, 2.24) is 5.32 Å². The van der Waals surface area contributed by atoms with Gasteiger partial charge in [-0.15, -0.1) is 0 Å². The Hall–Kier alpha value is -1.42. The Morgan fingerprint density at radius 3 is 2.71 bits per heavy atom. The molecule has 0 aliphatic heterocycles. The van der Waals surface area contributed by atoms with E-state index >= 15 is 0 Å². The number of carbonyl (C=O) groups is 1. The molecule has 1 saturated carbocycles. The summed E-state index contributed by atoms with van der Waals surface area (Å²) in [4.78, 5) is 11.6. The van der Waals surface area contributed by atoms with Gasteiger partial charge < -0.3 is 15.7 Å². The van der Waals surface area contributed by atoms with Crippen LogP contribution in [-0.4, -0.2) is 17.2 Å². The molecule has 5 heteroatoms. The van der Waals surface area contributed by atoms with Crippen LogP contribution in [0.4, 0.5) is 10.5 Å². The van der Waals surface area contributed by atoms with Crippen LogP contribution in [0.5, 0.6) is 5.75 Å². The molecule has 1 fully saturated rings. The Morgan fingerprint density at radius 1 is 1.35 bits per heavy atom. The van der Waals surface area contributed by atoms with Crippen LogP contribution in [0, 0.1) is 0 Å². The van der Waals surface area contributed by atoms with Crippen molar-refractivity contribution < 1.29 is 9.90 Å². The first-order valence-corrected chi connectivity index (χ1v) is 6.09. The average molecular weight is 255 g/mol. The highest BCUT2D eigenvalue weighted by atomic mass is 35.5. The minimum atomic E-state index is -0.223. The van der Waals surface area contributed by atoms with E-state index in [0.717, 1.165) is 12.8 Å². The standard InChI is InChI=1S/C12H15ClN2O2/c13-10-7-9(5-6-11(10)16)15-12(17)14-8-3-1-2-4-8/h5-8,16H,1-4H2,(H2,14,15,17). The maximum Gasteiger partial charge on any atom is 0.319 e. The van der Waals surface area contributed by atoms with Crippen molar-refractivity contribution >= 4 is 23.3 Å². The number of rotatable bonds is 2. The number of benzene rings is 1. The number of phenolic OH excluding ortho intramolecular Hbond substituents is 1. The average Bonchev–Trinajstić information content (AvgIpc) is 2.76. The van der Waals surface area contributed by atoms with Gasteiger partial charge in [-0.1, -0.05) is 24.4 Å². The third-order valence-corrected chi connectivity index (χ3v) is 3.20. The molecular formula is C12H15ClN2O2. The monoisotopic (exact) mass is 254 g/mol. The predicted molar refractivity (Wildman–Crippen MR) is 67.5 cm³/mol. The number of phenols is 1. The molecule has 0 heterocycles. The topological polar surface area (TPSA) is 61.4 Å². The van der Waals surface area contributed by atoms with Crippen LogP contribution in [0.2, 0.25) is 5.02 Å². The highest BCUT2D eigenvalue weighted by Gasteiger charge is 2.16. The van der Waals surface area contributed by atoms with Crippen molar-refractivity contribution in [2.24, 2.45) is 0 Å². The highest BCUT2D eigenvalue weighted by molar-refractivity contribution is 6.32. The molecule has 0 aromatic heterocycles. The molecule has 2 rings (SSSR count). The molecule has 1 aromatic carbocycles. The van der Waals surface area contributed by atoms with Crippen LogP contribution in [0.1, 0.15) is 25.7 Å².